The van der Waals surface area contributed by atoms with Crippen LogP contribution in [0, 0.1) is 0 Å². The van der Waals surface area contributed by atoms with Crippen molar-refractivity contribution in [2.24, 2.45) is 0 Å². The molecule has 134 valence electrons. The molecule has 2 heterocycles. The smallest absolute Gasteiger partial charge is 0.223 e. The number of amides is 1. The lowest BCUT2D eigenvalue weighted by Gasteiger charge is -2.20. The summed E-state index contributed by atoms with van der Waals surface area (Å²) in [6.45, 7) is 3.88. The van der Waals surface area contributed by atoms with E-state index < -0.39 is 6.10 Å². The molecule has 1 N–H and O–H groups in total. The minimum atomic E-state index is -0.571. The van der Waals surface area contributed by atoms with E-state index in [1.54, 1.807) is 18.7 Å². The van der Waals surface area contributed by atoms with E-state index in [4.69, 9.17) is 0 Å². The fraction of sp³-hybridized carbons (Fsp3) is 0.474. The van der Waals surface area contributed by atoms with Crippen LogP contribution in [0.3, 0.4) is 0 Å². The van der Waals surface area contributed by atoms with Crippen LogP contribution in [0.5, 0.6) is 0 Å². The highest BCUT2D eigenvalue weighted by atomic mass is 32.2. The van der Waals surface area contributed by atoms with Gasteiger partial charge in [0.25, 0.3) is 0 Å². The maximum Gasteiger partial charge on any atom is 0.223 e. The van der Waals surface area contributed by atoms with E-state index in [0.717, 1.165) is 36.7 Å². The Balaban J connectivity index is 1.49. The third kappa shape index (κ3) is 4.86. The van der Waals surface area contributed by atoms with Crippen molar-refractivity contribution in [2.75, 3.05) is 12.3 Å². The summed E-state index contributed by atoms with van der Waals surface area (Å²) in [7, 11) is 0. The first-order valence-electron chi connectivity index (χ1n) is 8.77. The zero-order valence-corrected chi connectivity index (χ0v) is 15.4. The van der Waals surface area contributed by atoms with Gasteiger partial charge < -0.3 is 10.0 Å². The standard InChI is InChI=1S/C19H25N3O2S/c1-15(23)18-12-17-13-21(9-5-10-22(17)20-18)19(24)8-11-25-14-16-6-3-2-4-7-16/h2-4,6-7,12,15,23H,5,8-11,13-14H2,1H3/t15-/m0/s1. The van der Waals surface area contributed by atoms with E-state index in [9.17, 15) is 9.90 Å². The second-order valence-electron chi connectivity index (χ2n) is 6.42. The van der Waals surface area contributed by atoms with Crippen LogP contribution in [0.15, 0.2) is 36.4 Å². The summed E-state index contributed by atoms with van der Waals surface area (Å²) in [6.07, 6.45) is 0.893. The van der Waals surface area contributed by atoms with Crippen molar-refractivity contribution in [1.82, 2.24) is 14.7 Å². The van der Waals surface area contributed by atoms with E-state index in [-0.39, 0.29) is 5.91 Å². The number of rotatable bonds is 6. The van der Waals surface area contributed by atoms with Crippen molar-refractivity contribution in [3.05, 3.63) is 53.3 Å². The lowest BCUT2D eigenvalue weighted by Crippen LogP contribution is -2.30. The quantitative estimate of drug-likeness (QED) is 0.806. The molecule has 0 unspecified atom stereocenters. The topological polar surface area (TPSA) is 58.4 Å². The first kappa shape index (κ1) is 18.0. The number of hydrogen-bond donors (Lipinski definition) is 1. The van der Waals surface area contributed by atoms with E-state index in [1.807, 2.05) is 33.8 Å². The highest BCUT2D eigenvalue weighted by Gasteiger charge is 2.21. The predicted molar refractivity (Wildman–Crippen MR) is 100 cm³/mol. The third-order valence-electron chi connectivity index (χ3n) is 4.39. The molecule has 1 aromatic carbocycles. The Kier molecular flexibility index (Phi) is 6.15. The van der Waals surface area contributed by atoms with Gasteiger partial charge in [0.2, 0.25) is 5.91 Å². The number of aliphatic hydroxyl groups is 1. The molecule has 5 nitrogen and oxygen atoms in total. The van der Waals surface area contributed by atoms with Crippen LogP contribution < -0.4 is 0 Å². The maximum atomic E-state index is 12.5. The number of hydrogen-bond acceptors (Lipinski definition) is 4. The summed E-state index contributed by atoms with van der Waals surface area (Å²) in [5.41, 5.74) is 2.99. The van der Waals surface area contributed by atoms with Gasteiger partial charge in [0.15, 0.2) is 0 Å². The number of thioether (sulfide) groups is 1. The van der Waals surface area contributed by atoms with Gasteiger partial charge in [0.05, 0.1) is 24.0 Å². The fourth-order valence-electron chi connectivity index (χ4n) is 2.98. The first-order valence-corrected chi connectivity index (χ1v) is 9.93. The van der Waals surface area contributed by atoms with Crippen molar-refractivity contribution >= 4 is 17.7 Å². The first-order chi connectivity index (χ1) is 12.1. The Hall–Kier alpha value is -1.79. The molecule has 0 fully saturated rings. The molecule has 0 saturated carbocycles. The summed E-state index contributed by atoms with van der Waals surface area (Å²) in [6, 6.07) is 12.3. The molecule has 1 amide bonds. The fourth-order valence-corrected chi connectivity index (χ4v) is 3.87. The van der Waals surface area contributed by atoms with Gasteiger partial charge in [-0.2, -0.15) is 16.9 Å². The number of aryl methyl sites for hydroxylation is 1. The van der Waals surface area contributed by atoms with Gasteiger partial charge in [-0.15, -0.1) is 0 Å². The van der Waals surface area contributed by atoms with Crippen molar-refractivity contribution in [3.8, 4) is 0 Å². The van der Waals surface area contributed by atoms with Crippen molar-refractivity contribution in [1.29, 1.82) is 0 Å². The molecular weight excluding hydrogens is 334 g/mol. The molecular formula is C19H25N3O2S. The molecule has 1 aromatic heterocycles. The zero-order valence-electron chi connectivity index (χ0n) is 14.6. The summed E-state index contributed by atoms with van der Waals surface area (Å²) >= 11 is 1.80. The maximum absolute atomic E-state index is 12.5. The normalized spacial score (nSPS) is 15.5. The summed E-state index contributed by atoms with van der Waals surface area (Å²) in [4.78, 5) is 14.5. The molecule has 0 saturated heterocycles. The van der Waals surface area contributed by atoms with Crippen LogP contribution in [0.2, 0.25) is 0 Å². The highest BCUT2D eigenvalue weighted by Crippen LogP contribution is 2.19. The number of nitrogens with zero attached hydrogens (tertiary/aromatic N) is 3. The Morgan fingerprint density at radius 3 is 2.88 bits per heavy atom. The van der Waals surface area contributed by atoms with E-state index in [1.165, 1.54) is 5.56 Å². The molecule has 0 aliphatic carbocycles. The van der Waals surface area contributed by atoms with Crippen LogP contribution in [0.4, 0.5) is 0 Å². The third-order valence-corrected chi connectivity index (χ3v) is 5.42. The molecule has 6 heteroatoms. The van der Waals surface area contributed by atoms with Crippen LogP contribution in [0.1, 0.15) is 42.8 Å². The van der Waals surface area contributed by atoms with Crippen molar-refractivity contribution in [3.63, 3.8) is 0 Å². The molecule has 1 aliphatic rings. The largest absolute Gasteiger partial charge is 0.387 e. The number of aliphatic hydroxyl groups excluding tert-OH is 1. The van der Waals surface area contributed by atoms with Gasteiger partial charge in [0, 0.05) is 31.0 Å². The highest BCUT2D eigenvalue weighted by molar-refractivity contribution is 7.98. The Bertz CT molecular complexity index is 700. The predicted octanol–water partition coefficient (Wildman–Crippen LogP) is 2.99. The minimum absolute atomic E-state index is 0.203. The van der Waals surface area contributed by atoms with Crippen LogP contribution in [-0.4, -0.2) is 38.0 Å². The monoisotopic (exact) mass is 359 g/mol. The van der Waals surface area contributed by atoms with Crippen molar-refractivity contribution < 1.29 is 9.90 Å². The molecule has 0 radical (unpaired) electrons. The molecule has 0 spiro atoms. The SMILES string of the molecule is C[C@H](O)c1cc2n(n1)CCCN(C(=O)CCSCc1ccccc1)C2. The van der Waals surface area contributed by atoms with Gasteiger partial charge in [-0.05, 0) is 25.0 Å². The summed E-state index contributed by atoms with van der Waals surface area (Å²) < 4.78 is 1.93. The van der Waals surface area contributed by atoms with Gasteiger partial charge >= 0.3 is 0 Å². The number of carbonyl (C=O) groups excluding carboxylic acids is 1. The van der Waals surface area contributed by atoms with E-state index >= 15 is 0 Å². The van der Waals surface area contributed by atoms with Crippen molar-refractivity contribution in [2.45, 2.75) is 44.7 Å². The summed E-state index contributed by atoms with van der Waals surface area (Å²) in [5, 5.41) is 14.1. The van der Waals surface area contributed by atoms with Gasteiger partial charge in [-0.25, -0.2) is 0 Å². The number of aromatic nitrogens is 2. The van der Waals surface area contributed by atoms with Crippen LogP contribution in [-0.2, 0) is 23.6 Å². The number of carbonyl (C=O) groups is 1. The van der Waals surface area contributed by atoms with E-state index in [2.05, 4.69) is 17.2 Å². The molecule has 1 aliphatic heterocycles. The minimum Gasteiger partial charge on any atom is -0.387 e. The number of benzene rings is 1. The molecule has 1 atom stereocenters. The Morgan fingerprint density at radius 2 is 2.12 bits per heavy atom. The lowest BCUT2D eigenvalue weighted by atomic mass is 10.2. The number of fused-ring (bicyclic) bond motifs is 1. The average molecular weight is 359 g/mol. The van der Waals surface area contributed by atoms with Crippen LogP contribution >= 0.6 is 11.8 Å². The summed E-state index contributed by atoms with van der Waals surface area (Å²) in [5.74, 6) is 1.98. The zero-order chi connectivity index (χ0) is 17.6. The van der Waals surface area contributed by atoms with Gasteiger partial charge in [0.1, 0.15) is 0 Å². The molecule has 25 heavy (non-hydrogen) atoms. The second-order valence-corrected chi connectivity index (χ2v) is 7.52. The van der Waals surface area contributed by atoms with Gasteiger partial charge in [-0.1, -0.05) is 30.3 Å². The molecule has 2 aromatic rings. The second kappa shape index (κ2) is 8.54. The van der Waals surface area contributed by atoms with Crippen LogP contribution in [0.25, 0.3) is 0 Å². The Morgan fingerprint density at radius 1 is 1.32 bits per heavy atom. The Labute approximate surface area is 153 Å². The molecule has 3 rings (SSSR count). The molecule has 0 bridgehead atoms. The van der Waals surface area contributed by atoms with E-state index in [0.29, 0.717) is 18.7 Å². The average Bonchev–Trinajstić information content (AvgIpc) is 2.91. The van der Waals surface area contributed by atoms with Gasteiger partial charge in [-0.3, -0.25) is 9.48 Å². The lowest BCUT2D eigenvalue weighted by molar-refractivity contribution is -0.131.